The molecule has 1 fully saturated rings. The van der Waals surface area contributed by atoms with Crippen LogP contribution < -0.4 is 5.56 Å². The van der Waals surface area contributed by atoms with Crippen LogP contribution in [0.15, 0.2) is 35.1 Å². The standard InChI is InChI=1S/C21H25FN4OS/c1-2-25(13-15-8-10-17(22)11-9-15)14-18-12-19(27)26-21(23-18)28-20(24-26)16-6-4-3-5-7-16/h8-12,16H,2-7,13-14H2,1H3. The van der Waals surface area contributed by atoms with Crippen LogP contribution in [0.1, 0.15) is 61.2 Å². The third-order valence-electron chi connectivity index (χ3n) is 5.42. The summed E-state index contributed by atoms with van der Waals surface area (Å²) in [5.41, 5.74) is 1.68. The first-order chi connectivity index (χ1) is 13.6. The molecule has 0 N–H and O–H groups in total. The summed E-state index contributed by atoms with van der Waals surface area (Å²) < 4.78 is 14.6. The predicted octanol–water partition coefficient (Wildman–Crippen LogP) is 4.36. The minimum atomic E-state index is -0.231. The van der Waals surface area contributed by atoms with Gasteiger partial charge >= 0.3 is 0 Å². The fraction of sp³-hybridized carbons (Fsp3) is 0.476. The van der Waals surface area contributed by atoms with E-state index < -0.39 is 0 Å². The van der Waals surface area contributed by atoms with Crippen molar-refractivity contribution in [1.82, 2.24) is 19.5 Å². The molecule has 0 unspecified atom stereocenters. The first-order valence-electron chi connectivity index (χ1n) is 9.99. The number of nitrogens with zero attached hydrogens (tertiary/aromatic N) is 4. The highest BCUT2D eigenvalue weighted by molar-refractivity contribution is 7.16. The van der Waals surface area contributed by atoms with Gasteiger partial charge in [-0.05, 0) is 37.1 Å². The van der Waals surface area contributed by atoms with E-state index in [9.17, 15) is 9.18 Å². The quantitative estimate of drug-likeness (QED) is 0.617. The maximum absolute atomic E-state index is 13.1. The van der Waals surface area contributed by atoms with Crippen molar-refractivity contribution in [3.8, 4) is 0 Å². The van der Waals surface area contributed by atoms with Crippen LogP contribution in [0.2, 0.25) is 0 Å². The van der Waals surface area contributed by atoms with Crippen LogP contribution in [0, 0.1) is 5.82 Å². The van der Waals surface area contributed by atoms with Gasteiger partial charge < -0.3 is 0 Å². The molecule has 0 bridgehead atoms. The van der Waals surface area contributed by atoms with Crippen molar-refractivity contribution in [2.24, 2.45) is 0 Å². The molecule has 5 nitrogen and oxygen atoms in total. The number of benzene rings is 1. The van der Waals surface area contributed by atoms with Crippen molar-refractivity contribution in [3.63, 3.8) is 0 Å². The summed E-state index contributed by atoms with van der Waals surface area (Å²) >= 11 is 1.55. The zero-order valence-electron chi connectivity index (χ0n) is 16.1. The second kappa shape index (κ2) is 8.49. The lowest BCUT2D eigenvalue weighted by molar-refractivity contribution is 0.268. The van der Waals surface area contributed by atoms with Crippen LogP contribution in [0.4, 0.5) is 4.39 Å². The summed E-state index contributed by atoms with van der Waals surface area (Å²) in [5.74, 6) is 0.236. The molecule has 7 heteroatoms. The van der Waals surface area contributed by atoms with Gasteiger partial charge in [0.25, 0.3) is 5.56 Å². The Bertz CT molecular complexity index is 992. The Hall–Kier alpha value is -2.12. The molecule has 1 saturated carbocycles. The van der Waals surface area contributed by atoms with Gasteiger partial charge in [-0.3, -0.25) is 9.69 Å². The lowest BCUT2D eigenvalue weighted by atomic mass is 9.90. The van der Waals surface area contributed by atoms with E-state index in [1.807, 2.05) is 0 Å². The van der Waals surface area contributed by atoms with Gasteiger partial charge in [-0.25, -0.2) is 9.37 Å². The highest BCUT2D eigenvalue weighted by Gasteiger charge is 2.21. The number of hydrogen-bond donors (Lipinski definition) is 0. The van der Waals surface area contributed by atoms with Crippen molar-refractivity contribution in [1.29, 1.82) is 0 Å². The van der Waals surface area contributed by atoms with Gasteiger partial charge in [-0.1, -0.05) is 49.7 Å². The largest absolute Gasteiger partial charge is 0.294 e. The SMILES string of the molecule is CCN(Cc1ccc(F)cc1)Cc1cc(=O)n2nc(C3CCCCC3)sc2n1. The van der Waals surface area contributed by atoms with Crippen LogP contribution in [0.25, 0.3) is 4.96 Å². The van der Waals surface area contributed by atoms with Gasteiger partial charge in [0.05, 0.1) is 5.69 Å². The Morgan fingerprint density at radius 3 is 2.64 bits per heavy atom. The highest BCUT2D eigenvalue weighted by Crippen LogP contribution is 2.34. The highest BCUT2D eigenvalue weighted by atomic mass is 32.1. The Morgan fingerprint density at radius 2 is 1.93 bits per heavy atom. The molecule has 28 heavy (non-hydrogen) atoms. The number of rotatable bonds is 6. The van der Waals surface area contributed by atoms with Gasteiger partial charge in [-0.2, -0.15) is 9.61 Å². The van der Waals surface area contributed by atoms with Crippen LogP contribution in [-0.4, -0.2) is 26.0 Å². The Kier molecular flexibility index (Phi) is 5.82. The third kappa shape index (κ3) is 4.31. The van der Waals surface area contributed by atoms with Crippen molar-refractivity contribution >= 4 is 16.3 Å². The van der Waals surface area contributed by atoms with E-state index in [4.69, 9.17) is 4.98 Å². The smallest absolute Gasteiger partial charge is 0.275 e. The molecule has 0 saturated heterocycles. The molecular formula is C21H25FN4OS. The fourth-order valence-electron chi connectivity index (χ4n) is 3.82. The van der Waals surface area contributed by atoms with Crippen LogP contribution >= 0.6 is 11.3 Å². The van der Waals surface area contributed by atoms with Crippen molar-refractivity contribution < 1.29 is 4.39 Å². The van der Waals surface area contributed by atoms with E-state index in [0.29, 0.717) is 24.0 Å². The zero-order valence-corrected chi connectivity index (χ0v) is 16.9. The second-order valence-electron chi connectivity index (χ2n) is 7.49. The summed E-state index contributed by atoms with van der Waals surface area (Å²) in [6.45, 7) is 4.15. The maximum Gasteiger partial charge on any atom is 0.275 e. The monoisotopic (exact) mass is 400 g/mol. The van der Waals surface area contributed by atoms with Crippen molar-refractivity contribution in [2.45, 2.75) is 58.0 Å². The lowest BCUT2D eigenvalue weighted by Crippen LogP contribution is -2.25. The Morgan fingerprint density at radius 1 is 1.18 bits per heavy atom. The Labute approximate surface area is 167 Å². The molecule has 2 heterocycles. The van der Waals surface area contributed by atoms with Gasteiger partial charge in [0.1, 0.15) is 10.8 Å². The molecule has 0 spiro atoms. The molecule has 0 amide bonds. The van der Waals surface area contributed by atoms with Crippen molar-refractivity contribution in [2.75, 3.05) is 6.54 Å². The topological polar surface area (TPSA) is 50.5 Å². The summed E-state index contributed by atoms with van der Waals surface area (Å²) in [4.78, 5) is 20.2. The summed E-state index contributed by atoms with van der Waals surface area (Å²) in [6.07, 6.45) is 6.09. The van der Waals surface area contributed by atoms with E-state index >= 15 is 0 Å². The molecule has 0 aliphatic heterocycles. The molecule has 2 aromatic heterocycles. The first kappa shape index (κ1) is 19.2. The normalized spacial score (nSPS) is 15.5. The fourth-order valence-corrected chi connectivity index (χ4v) is 4.92. The molecule has 1 aliphatic rings. The van der Waals surface area contributed by atoms with Gasteiger partial charge in [0.15, 0.2) is 0 Å². The summed E-state index contributed by atoms with van der Waals surface area (Å²) in [6, 6.07) is 8.13. The number of aromatic nitrogens is 3. The lowest BCUT2D eigenvalue weighted by Gasteiger charge is -2.19. The van der Waals surface area contributed by atoms with Crippen LogP contribution in [0.3, 0.4) is 0 Å². The molecule has 3 aromatic rings. The van der Waals surface area contributed by atoms with E-state index in [2.05, 4.69) is 16.9 Å². The average molecular weight is 401 g/mol. The molecule has 1 aromatic carbocycles. The Balaban J connectivity index is 1.54. The van der Waals surface area contributed by atoms with Crippen LogP contribution in [0.5, 0.6) is 0 Å². The summed E-state index contributed by atoms with van der Waals surface area (Å²) in [7, 11) is 0. The van der Waals surface area contributed by atoms with E-state index in [1.165, 1.54) is 35.9 Å². The minimum Gasteiger partial charge on any atom is -0.294 e. The van der Waals surface area contributed by atoms with E-state index in [0.717, 1.165) is 35.7 Å². The maximum atomic E-state index is 13.1. The van der Waals surface area contributed by atoms with Gasteiger partial charge in [-0.15, -0.1) is 0 Å². The number of hydrogen-bond acceptors (Lipinski definition) is 5. The summed E-state index contributed by atoms with van der Waals surface area (Å²) in [5, 5.41) is 5.61. The molecule has 4 rings (SSSR count). The predicted molar refractivity (Wildman–Crippen MR) is 109 cm³/mol. The van der Waals surface area contributed by atoms with Crippen LogP contribution in [-0.2, 0) is 13.1 Å². The van der Waals surface area contributed by atoms with Gasteiger partial charge in [0, 0.05) is 25.1 Å². The molecule has 148 valence electrons. The molecule has 0 atom stereocenters. The third-order valence-corrected chi connectivity index (χ3v) is 6.49. The average Bonchev–Trinajstić information content (AvgIpc) is 3.15. The molecule has 1 aliphatic carbocycles. The zero-order chi connectivity index (χ0) is 19.5. The second-order valence-corrected chi connectivity index (χ2v) is 8.47. The van der Waals surface area contributed by atoms with Crippen molar-refractivity contribution in [3.05, 3.63) is 62.8 Å². The van der Waals surface area contributed by atoms with E-state index in [-0.39, 0.29) is 11.4 Å². The minimum absolute atomic E-state index is 0.115. The molecular weight excluding hydrogens is 375 g/mol. The number of fused-ring (bicyclic) bond motifs is 1. The first-order valence-corrected chi connectivity index (χ1v) is 10.8. The number of halogens is 1. The molecule has 0 radical (unpaired) electrons. The van der Waals surface area contributed by atoms with E-state index in [1.54, 1.807) is 29.5 Å². The van der Waals surface area contributed by atoms with Gasteiger partial charge in [0.2, 0.25) is 4.96 Å².